The molecule has 0 radical (unpaired) electrons. The molecule has 0 saturated carbocycles. The molecule has 2 aromatic heterocycles. The number of hydrogen-bond donors (Lipinski definition) is 1. The van der Waals surface area contributed by atoms with Gasteiger partial charge in [0.2, 0.25) is 0 Å². The van der Waals surface area contributed by atoms with E-state index in [0.29, 0.717) is 40.2 Å². The molecular formula is C19H18F2N4O2. The third-order valence-corrected chi connectivity index (χ3v) is 4.77. The highest BCUT2D eigenvalue weighted by Crippen LogP contribution is 2.33. The van der Waals surface area contributed by atoms with Gasteiger partial charge in [0.05, 0.1) is 22.5 Å². The minimum absolute atomic E-state index is 0.301. The summed E-state index contributed by atoms with van der Waals surface area (Å²) in [5.41, 5.74) is 7.36. The lowest BCUT2D eigenvalue weighted by Gasteiger charge is -2.23. The zero-order valence-corrected chi connectivity index (χ0v) is 14.7. The van der Waals surface area contributed by atoms with Gasteiger partial charge in [0, 0.05) is 18.1 Å². The third kappa shape index (κ3) is 3.06. The lowest BCUT2D eigenvalue weighted by atomic mass is 10.1. The molecule has 1 aromatic carbocycles. The molecule has 27 heavy (non-hydrogen) atoms. The van der Waals surface area contributed by atoms with Gasteiger partial charge in [0.15, 0.2) is 17.9 Å². The van der Waals surface area contributed by atoms with Crippen LogP contribution < -0.4 is 5.73 Å². The van der Waals surface area contributed by atoms with Crippen LogP contribution in [0, 0.1) is 18.6 Å². The number of pyridine rings is 1. The monoisotopic (exact) mass is 372 g/mol. The van der Waals surface area contributed by atoms with E-state index < -0.39 is 17.5 Å². The van der Waals surface area contributed by atoms with Gasteiger partial charge in [0.25, 0.3) is 5.91 Å². The van der Waals surface area contributed by atoms with E-state index in [2.05, 4.69) is 10.1 Å². The van der Waals surface area contributed by atoms with Crippen molar-refractivity contribution < 1.29 is 18.3 Å². The number of halogens is 2. The number of nitrogens with zero attached hydrogens (tertiary/aromatic N) is 3. The smallest absolute Gasteiger partial charge is 0.250 e. The van der Waals surface area contributed by atoms with Gasteiger partial charge in [-0.1, -0.05) is 0 Å². The number of primary amides is 1. The highest BCUT2D eigenvalue weighted by atomic mass is 19.2. The van der Waals surface area contributed by atoms with Crippen molar-refractivity contribution in [2.75, 3.05) is 6.61 Å². The van der Waals surface area contributed by atoms with E-state index >= 15 is 0 Å². The van der Waals surface area contributed by atoms with Crippen LogP contribution in [-0.4, -0.2) is 27.3 Å². The van der Waals surface area contributed by atoms with Crippen molar-refractivity contribution >= 4 is 16.8 Å². The Hall–Kier alpha value is -2.87. The first-order valence-electron chi connectivity index (χ1n) is 8.72. The average Bonchev–Trinajstić information content (AvgIpc) is 3.01. The molecule has 0 bridgehead atoms. The standard InChI is InChI=1S/C19H18F2N4O2/c1-10-11(19(22)26)5-6-15(23-10)18-12-8-13(20)14(21)9-16(12)25(24-18)17-4-2-3-7-27-17/h5-6,8-9,17H,2-4,7H2,1H3,(H2,22,26). The molecule has 2 N–H and O–H groups in total. The van der Waals surface area contributed by atoms with E-state index in [-0.39, 0.29) is 6.23 Å². The van der Waals surface area contributed by atoms with Gasteiger partial charge >= 0.3 is 0 Å². The number of fused-ring (bicyclic) bond motifs is 1. The van der Waals surface area contributed by atoms with Crippen molar-refractivity contribution in [3.8, 4) is 11.4 Å². The number of hydrogen-bond acceptors (Lipinski definition) is 4. The van der Waals surface area contributed by atoms with Gasteiger partial charge in [-0.2, -0.15) is 5.10 Å². The molecule has 1 unspecified atom stereocenters. The quantitative estimate of drug-likeness (QED) is 0.763. The fourth-order valence-corrected chi connectivity index (χ4v) is 3.41. The summed E-state index contributed by atoms with van der Waals surface area (Å²) in [5.74, 6) is -2.48. The Morgan fingerprint density at radius 3 is 2.70 bits per heavy atom. The molecule has 3 heterocycles. The van der Waals surface area contributed by atoms with Crippen LogP contribution in [0.1, 0.15) is 41.5 Å². The average molecular weight is 372 g/mol. The fourth-order valence-electron chi connectivity index (χ4n) is 3.41. The summed E-state index contributed by atoms with van der Waals surface area (Å²) < 4.78 is 35.2. The van der Waals surface area contributed by atoms with Crippen LogP contribution in [0.5, 0.6) is 0 Å². The molecular weight excluding hydrogens is 354 g/mol. The van der Waals surface area contributed by atoms with Crippen LogP contribution in [0.25, 0.3) is 22.3 Å². The van der Waals surface area contributed by atoms with E-state index in [4.69, 9.17) is 10.5 Å². The molecule has 1 atom stereocenters. The van der Waals surface area contributed by atoms with Gasteiger partial charge < -0.3 is 10.5 Å². The Morgan fingerprint density at radius 2 is 2.04 bits per heavy atom. The number of carbonyl (C=O) groups excluding carboxylic acids is 1. The Bertz CT molecular complexity index is 1040. The number of ether oxygens (including phenoxy) is 1. The maximum absolute atomic E-state index is 13.9. The molecule has 140 valence electrons. The Balaban J connectivity index is 1.91. The topological polar surface area (TPSA) is 83.0 Å². The van der Waals surface area contributed by atoms with Crippen LogP contribution in [0.2, 0.25) is 0 Å². The SMILES string of the molecule is Cc1nc(-c2nn(C3CCCCO3)c3cc(F)c(F)cc23)ccc1C(N)=O. The molecule has 1 aliphatic rings. The van der Waals surface area contributed by atoms with Crippen LogP contribution in [0.15, 0.2) is 24.3 Å². The summed E-state index contributed by atoms with van der Waals surface area (Å²) in [7, 11) is 0. The summed E-state index contributed by atoms with van der Waals surface area (Å²) in [6.07, 6.45) is 2.32. The molecule has 4 rings (SSSR count). The van der Waals surface area contributed by atoms with Gasteiger partial charge in [-0.05, 0) is 44.4 Å². The van der Waals surface area contributed by atoms with E-state index in [0.717, 1.165) is 31.4 Å². The molecule has 1 amide bonds. The normalized spacial score (nSPS) is 17.4. The second-order valence-electron chi connectivity index (χ2n) is 6.59. The van der Waals surface area contributed by atoms with Crippen molar-refractivity contribution in [3.63, 3.8) is 0 Å². The first kappa shape index (κ1) is 17.5. The van der Waals surface area contributed by atoms with Crippen LogP contribution in [0.4, 0.5) is 8.78 Å². The number of rotatable bonds is 3. The highest BCUT2D eigenvalue weighted by molar-refractivity contribution is 5.95. The van der Waals surface area contributed by atoms with Crippen molar-refractivity contribution in [2.24, 2.45) is 5.73 Å². The molecule has 1 saturated heterocycles. The van der Waals surface area contributed by atoms with Gasteiger partial charge in [0.1, 0.15) is 5.69 Å². The minimum Gasteiger partial charge on any atom is -0.366 e. The predicted molar refractivity (Wildman–Crippen MR) is 95.0 cm³/mol. The van der Waals surface area contributed by atoms with Gasteiger partial charge in [-0.15, -0.1) is 0 Å². The first-order chi connectivity index (χ1) is 13.0. The Morgan fingerprint density at radius 1 is 1.26 bits per heavy atom. The number of amides is 1. The van der Waals surface area contributed by atoms with E-state index in [1.165, 1.54) is 0 Å². The number of nitrogens with two attached hydrogens (primary N) is 1. The predicted octanol–water partition coefficient (Wildman–Crippen LogP) is 3.48. The van der Waals surface area contributed by atoms with Crippen molar-refractivity contribution in [1.29, 1.82) is 0 Å². The Kier molecular flexibility index (Phi) is 4.35. The lowest BCUT2D eigenvalue weighted by Crippen LogP contribution is -2.19. The van der Waals surface area contributed by atoms with Crippen LogP contribution >= 0.6 is 0 Å². The van der Waals surface area contributed by atoms with Gasteiger partial charge in [-0.25, -0.2) is 13.5 Å². The molecule has 0 aliphatic carbocycles. The number of carbonyl (C=O) groups is 1. The van der Waals surface area contributed by atoms with E-state index in [9.17, 15) is 13.6 Å². The second kappa shape index (κ2) is 6.70. The minimum atomic E-state index is -0.960. The Labute approximate surface area is 153 Å². The van der Waals surface area contributed by atoms with Gasteiger partial charge in [-0.3, -0.25) is 9.78 Å². The van der Waals surface area contributed by atoms with Crippen LogP contribution in [0.3, 0.4) is 0 Å². The summed E-state index contributed by atoms with van der Waals surface area (Å²) in [4.78, 5) is 15.8. The molecule has 3 aromatic rings. The van der Waals surface area contributed by atoms with Crippen molar-refractivity contribution in [2.45, 2.75) is 32.4 Å². The fraction of sp³-hybridized carbons (Fsp3) is 0.316. The molecule has 6 nitrogen and oxygen atoms in total. The second-order valence-corrected chi connectivity index (χ2v) is 6.59. The molecule has 1 fully saturated rings. The third-order valence-electron chi connectivity index (χ3n) is 4.77. The molecule has 0 spiro atoms. The van der Waals surface area contributed by atoms with E-state index in [1.807, 2.05) is 0 Å². The maximum atomic E-state index is 13.9. The van der Waals surface area contributed by atoms with Crippen molar-refractivity contribution in [1.82, 2.24) is 14.8 Å². The summed E-state index contributed by atoms with van der Waals surface area (Å²) >= 11 is 0. The first-order valence-corrected chi connectivity index (χ1v) is 8.72. The van der Waals surface area contributed by atoms with Crippen LogP contribution in [-0.2, 0) is 4.74 Å². The van der Waals surface area contributed by atoms with E-state index in [1.54, 1.807) is 23.7 Å². The lowest BCUT2D eigenvalue weighted by molar-refractivity contribution is -0.0365. The zero-order valence-electron chi connectivity index (χ0n) is 14.7. The molecule has 1 aliphatic heterocycles. The maximum Gasteiger partial charge on any atom is 0.250 e. The number of benzene rings is 1. The molecule has 8 heteroatoms. The largest absolute Gasteiger partial charge is 0.366 e. The highest BCUT2D eigenvalue weighted by Gasteiger charge is 2.24. The number of aryl methyl sites for hydroxylation is 1. The summed E-state index contributed by atoms with van der Waals surface area (Å²) in [5, 5.41) is 4.99. The number of aromatic nitrogens is 3. The summed E-state index contributed by atoms with van der Waals surface area (Å²) in [6.45, 7) is 2.25. The zero-order chi connectivity index (χ0) is 19.1. The van der Waals surface area contributed by atoms with Crippen molar-refractivity contribution in [3.05, 3.63) is 47.2 Å². The summed E-state index contributed by atoms with van der Waals surface area (Å²) in [6, 6.07) is 5.40.